The van der Waals surface area contributed by atoms with Crippen molar-refractivity contribution in [1.82, 2.24) is 10.3 Å². The van der Waals surface area contributed by atoms with Crippen LogP contribution in [0.4, 0.5) is 13.2 Å². The van der Waals surface area contributed by atoms with Crippen molar-refractivity contribution >= 4 is 25.6 Å². The molecule has 1 aliphatic carbocycles. The summed E-state index contributed by atoms with van der Waals surface area (Å²) in [7, 11) is -7.86. The monoisotopic (exact) mass is 504 g/mol. The van der Waals surface area contributed by atoms with E-state index in [0.29, 0.717) is 12.3 Å². The minimum Gasteiger partial charge on any atom is -0.348 e. The van der Waals surface area contributed by atoms with Crippen LogP contribution in [0, 0.1) is 6.92 Å². The van der Waals surface area contributed by atoms with E-state index in [1.54, 1.807) is 25.1 Å². The maximum absolute atomic E-state index is 13.1. The fourth-order valence-corrected chi connectivity index (χ4v) is 6.60. The smallest absolute Gasteiger partial charge is 0.348 e. The normalized spacial score (nSPS) is 19.2. The van der Waals surface area contributed by atoms with Gasteiger partial charge in [-0.3, -0.25) is 4.79 Å². The van der Waals surface area contributed by atoms with Crippen LogP contribution in [0.25, 0.3) is 0 Å². The molecule has 0 saturated heterocycles. The first kappa shape index (κ1) is 25.2. The molecule has 0 bridgehead atoms. The molecule has 0 radical (unpaired) electrons. The van der Waals surface area contributed by atoms with E-state index < -0.39 is 64.5 Å². The average Bonchev–Trinajstić information content (AvgIpc) is 2.68. The predicted octanol–water partition coefficient (Wildman–Crippen LogP) is 3.33. The number of carbonyl (C=O) groups is 1. The Bertz CT molecular complexity index is 1280. The molecule has 1 N–H and O–H groups in total. The summed E-state index contributed by atoms with van der Waals surface area (Å²) in [4.78, 5) is 15.6. The summed E-state index contributed by atoms with van der Waals surface area (Å²) >= 11 is 0. The first-order valence-corrected chi connectivity index (χ1v) is 13.2. The van der Waals surface area contributed by atoms with Gasteiger partial charge in [0, 0.05) is 12.2 Å². The minimum atomic E-state index is -4.84. The number of hydrogen-bond donors (Lipinski definition) is 1. The Labute approximate surface area is 190 Å². The number of hydrogen-bond acceptors (Lipinski definition) is 6. The highest BCUT2D eigenvalue weighted by atomic mass is 32.2. The summed E-state index contributed by atoms with van der Waals surface area (Å²) in [5.74, 6) is -0.973. The summed E-state index contributed by atoms with van der Waals surface area (Å²) < 4.78 is 90.0. The van der Waals surface area contributed by atoms with Gasteiger partial charge in [0.2, 0.25) is 0 Å². The van der Waals surface area contributed by atoms with E-state index in [4.69, 9.17) is 0 Å². The van der Waals surface area contributed by atoms with Gasteiger partial charge in [0.25, 0.3) is 5.91 Å². The third kappa shape index (κ3) is 5.06. The molecule has 0 spiro atoms. The van der Waals surface area contributed by atoms with Crippen molar-refractivity contribution in [2.45, 2.75) is 66.1 Å². The number of benzene rings is 1. The Morgan fingerprint density at radius 3 is 2.30 bits per heavy atom. The molecule has 1 heterocycles. The number of amides is 1. The summed E-state index contributed by atoms with van der Waals surface area (Å²) in [6.45, 7) is 4.33. The standard InChI is InChI=1S/C21H23F3N2O5S2/c1-12(2)32(28,29)18-8-14(21(22,23)24)11-25-19(18)20(27)26-15-9-17(10-15)33(30,31)16-6-4-5-13(3)7-16/h4-8,11-12,15,17H,9-10H2,1-3H3,(H,26,27)/t15-,17-. The highest BCUT2D eigenvalue weighted by molar-refractivity contribution is 7.92. The van der Waals surface area contributed by atoms with Gasteiger partial charge in [0.15, 0.2) is 19.7 Å². The Kier molecular flexibility index (Phi) is 6.64. The number of nitrogens with one attached hydrogen (secondary N) is 1. The molecule has 33 heavy (non-hydrogen) atoms. The van der Waals surface area contributed by atoms with Crippen molar-refractivity contribution < 1.29 is 34.8 Å². The number of carbonyl (C=O) groups excluding carboxylic acids is 1. The van der Waals surface area contributed by atoms with Crippen molar-refractivity contribution in [3.05, 3.63) is 53.3 Å². The lowest BCUT2D eigenvalue weighted by Gasteiger charge is -2.35. The van der Waals surface area contributed by atoms with E-state index in [2.05, 4.69) is 10.3 Å². The molecule has 1 aromatic carbocycles. The second-order valence-corrected chi connectivity index (χ2v) is 13.0. The number of aryl methyl sites for hydroxylation is 1. The number of alkyl halides is 3. The number of aromatic nitrogens is 1. The fraction of sp³-hybridized carbons (Fsp3) is 0.429. The highest BCUT2D eigenvalue weighted by Crippen LogP contribution is 2.34. The van der Waals surface area contributed by atoms with E-state index in [1.165, 1.54) is 19.9 Å². The lowest BCUT2D eigenvalue weighted by atomic mass is 9.92. The highest BCUT2D eigenvalue weighted by Gasteiger charge is 2.41. The number of rotatable bonds is 6. The molecule has 12 heteroatoms. The summed E-state index contributed by atoms with van der Waals surface area (Å²) in [5, 5.41) is 0.682. The Hall–Kier alpha value is -2.47. The van der Waals surface area contributed by atoms with Crippen LogP contribution in [0.1, 0.15) is 48.3 Å². The van der Waals surface area contributed by atoms with Crippen molar-refractivity contribution in [3.63, 3.8) is 0 Å². The molecular formula is C21H23F3N2O5S2. The van der Waals surface area contributed by atoms with Crippen molar-refractivity contribution in [1.29, 1.82) is 0 Å². The summed E-state index contributed by atoms with van der Waals surface area (Å²) in [6.07, 6.45) is -4.25. The van der Waals surface area contributed by atoms with Gasteiger partial charge in [-0.25, -0.2) is 21.8 Å². The number of pyridine rings is 1. The van der Waals surface area contributed by atoms with Crippen LogP contribution < -0.4 is 5.32 Å². The fourth-order valence-electron chi connectivity index (χ4n) is 3.42. The Morgan fingerprint density at radius 1 is 1.12 bits per heavy atom. The predicted molar refractivity (Wildman–Crippen MR) is 114 cm³/mol. The third-order valence-corrected chi connectivity index (χ3v) is 9.85. The van der Waals surface area contributed by atoms with Gasteiger partial charge in [-0.15, -0.1) is 0 Å². The van der Waals surface area contributed by atoms with Crippen LogP contribution in [0.15, 0.2) is 46.3 Å². The van der Waals surface area contributed by atoms with Crippen LogP contribution >= 0.6 is 0 Å². The molecule has 0 aliphatic heterocycles. The molecule has 0 atom stereocenters. The van der Waals surface area contributed by atoms with Gasteiger partial charge in [0.05, 0.1) is 25.9 Å². The molecule has 1 amide bonds. The van der Waals surface area contributed by atoms with Gasteiger partial charge >= 0.3 is 6.18 Å². The molecule has 1 aliphatic rings. The van der Waals surface area contributed by atoms with E-state index in [9.17, 15) is 34.8 Å². The van der Waals surface area contributed by atoms with Crippen molar-refractivity contribution in [2.24, 2.45) is 0 Å². The van der Waals surface area contributed by atoms with Crippen LogP contribution in [0.5, 0.6) is 0 Å². The third-order valence-electron chi connectivity index (χ3n) is 5.51. The lowest BCUT2D eigenvalue weighted by molar-refractivity contribution is -0.138. The zero-order valence-corrected chi connectivity index (χ0v) is 19.7. The topological polar surface area (TPSA) is 110 Å². The molecule has 2 aromatic rings. The van der Waals surface area contributed by atoms with Crippen LogP contribution in [-0.2, 0) is 25.9 Å². The first-order chi connectivity index (χ1) is 15.1. The second-order valence-electron chi connectivity index (χ2n) is 8.29. The van der Waals surface area contributed by atoms with Gasteiger partial charge in [-0.05, 0) is 57.4 Å². The van der Waals surface area contributed by atoms with Crippen molar-refractivity contribution in [2.75, 3.05) is 0 Å². The zero-order chi connectivity index (χ0) is 24.8. The summed E-state index contributed by atoms with van der Waals surface area (Å²) in [6, 6.07) is 6.26. The SMILES string of the molecule is Cc1cccc(S(=O)(=O)[C@H]2C[C@H](NC(=O)c3ncc(C(F)(F)F)cc3S(=O)(=O)C(C)C)C2)c1. The second kappa shape index (κ2) is 8.71. The van der Waals surface area contributed by atoms with Gasteiger partial charge in [-0.2, -0.15) is 13.2 Å². The largest absolute Gasteiger partial charge is 0.417 e. The molecule has 0 unspecified atom stereocenters. The average molecular weight is 505 g/mol. The lowest BCUT2D eigenvalue weighted by Crippen LogP contribution is -2.50. The van der Waals surface area contributed by atoms with Crippen LogP contribution in [-0.4, -0.2) is 44.3 Å². The molecule has 180 valence electrons. The molecule has 1 aromatic heterocycles. The maximum Gasteiger partial charge on any atom is 0.417 e. The van der Waals surface area contributed by atoms with E-state index in [0.717, 1.165) is 5.56 Å². The molecule has 1 fully saturated rings. The number of nitrogens with zero attached hydrogens (tertiary/aromatic N) is 1. The van der Waals surface area contributed by atoms with E-state index >= 15 is 0 Å². The van der Waals surface area contributed by atoms with Crippen LogP contribution in [0.3, 0.4) is 0 Å². The summed E-state index contributed by atoms with van der Waals surface area (Å²) in [5.41, 5.74) is -1.15. The minimum absolute atomic E-state index is 0.0922. The van der Waals surface area contributed by atoms with Gasteiger partial charge in [0.1, 0.15) is 5.69 Å². The quantitative estimate of drug-likeness (QED) is 0.646. The maximum atomic E-state index is 13.1. The molecule has 3 rings (SSSR count). The van der Waals surface area contributed by atoms with E-state index in [1.807, 2.05) is 0 Å². The van der Waals surface area contributed by atoms with Crippen molar-refractivity contribution in [3.8, 4) is 0 Å². The number of halogens is 3. The number of sulfone groups is 2. The van der Waals surface area contributed by atoms with Crippen LogP contribution in [0.2, 0.25) is 0 Å². The Balaban J connectivity index is 1.80. The van der Waals surface area contributed by atoms with Gasteiger partial charge in [-0.1, -0.05) is 12.1 Å². The molecular weight excluding hydrogens is 481 g/mol. The van der Waals surface area contributed by atoms with Gasteiger partial charge < -0.3 is 5.32 Å². The first-order valence-electron chi connectivity index (χ1n) is 10.1. The Morgan fingerprint density at radius 2 is 1.76 bits per heavy atom. The zero-order valence-electron chi connectivity index (χ0n) is 18.0. The van der Waals surface area contributed by atoms with E-state index in [-0.39, 0.29) is 17.7 Å². The molecule has 7 nitrogen and oxygen atoms in total. The molecule has 1 saturated carbocycles.